The zero-order valence-electron chi connectivity index (χ0n) is 15.0. The lowest BCUT2D eigenvalue weighted by atomic mass is 9.78. The second kappa shape index (κ2) is 7.03. The monoisotopic (exact) mass is 365 g/mol. The van der Waals surface area contributed by atoms with E-state index in [2.05, 4.69) is 5.32 Å². The highest BCUT2D eigenvalue weighted by Crippen LogP contribution is 2.32. The summed E-state index contributed by atoms with van der Waals surface area (Å²) in [6.45, 7) is 0.991. The molecule has 0 aromatic heterocycles. The molecule has 3 rings (SSSR count). The molecule has 7 nitrogen and oxygen atoms in total. The Kier molecular flexibility index (Phi) is 4.77. The molecular weight excluding hydrogens is 346 g/mol. The third-order valence-electron chi connectivity index (χ3n) is 4.63. The van der Waals surface area contributed by atoms with E-state index < -0.39 is 35.7 Å². The van der Waals surface area contributed by atoms with E-state index in [1.165, 1.54) is 14.0 Å². The summed E-state index contributed by atoms with van der Waals surface area (Å²) in [5.41, 5.74) is -0.556. The highest BCUT2D eigenvalue weighted by Gasteiger charge is 2.54. The summed E-state index contributed by atoms with van der Waals surface area (Å²) in [5.74, 6) is -1.87. The van der Waals surface area contributed by atoms with Crippen LogP contribution in [-0.4, -0.2) is 47.1 Å². The summed E-state index contributed by atoms with van der Waals surface area (Å²) in [6, 6.07) is 16.4. The molecule has 138 valence electrons. The Morgan fingerprint density at radius 1 is 0.926 bits per heavy atom. The third kappa shape index (κ3) is 3.19. The topological polar surface area (TPSA) is 86.8 Å². The average molecular weight is 365 g/mol. The number of rotatable bonds is 4. The first kappa shape index (κ1) is 18.3. The van der Waals surface area contributed by atoms with Crippen LogP contribution in [0.5, 0.6) is 0 Å². The van der Waals surface area contributed by atoms with Crippen LogP contribution in [0, 0.1) is 0 Å². The SMILES string of the molecule is CN1C(=O)N(CC(=O)Nc2ccccc2)C(=O)C(C)(c2ccccc2)C1=O. The second-order valence-electron chi connectivity index (χ2n) is 6.44. The standard InChI is InChI=1S/C20H19N3O4/c1-20(14-9-5-3-6-10-14)17(25)22(2)19(27)23(18(20)26)13-16(24)21-15-11-7-4-8-12-15/h3-12H,13H2,1-2H3,(H,21,24). The number of carbonyl (C=O) groups is 4. The smallest absolute Gasteiger partial charge is 0.325 e. The molecule has 1 N–H and O–H groups in total. The van der Waals surface area contributed by atoms with E-state index >= 15 is 0 Å². The van der Waals surface area contributed by atoms with Crippen molar-refractivity contribution < 1.29 is 19.2 Å². The predicted octanol–water partition coefficient (Wildman–Crippen LogP) is 2.00. The molecule has 5 amide bonds. The van der Waals surface area contributed by atoms with E-state index in [1.54, 1.807) is 60.7 Å². The van der Waals surface area contributed by atoms with Crippen LogP contribution in [-0.2, 0) is 19.8 Å². The summed E-state index contributed by atoms with van der Waals surface area (Å²) in [5, 5.41) is 2.63. The van der Waals surface area contributed by atoms with Crippen molar-refractivity contribution in [1.29, 1.82) is 0 Å². The number of urea groups is 1. The number of nitrogens with zero attached hydrogens (tertiary/aromatic N) is 2. The molecule has 1 aliphatic rings. The molecule has 1 atom stereocenters. The van der Waals surface area contributed by atoms with Crippen molar-refractivity contribution in [2.75, 3.05) is 18.9 Å². The van der Waals surface area contributed by atoms with Crippen LogP contribution in [0.15, 0.2) is 60.7 Å². The van der Waals surface area contributed by atoms with Gasteiger partial charge in [-0.2, -0.15) is 0 Å². The van der Waals surface area contributed by atoms with E-state index in [9.17, 15) is 19.2 Å². The van der Waals surface area contributed by atoms with Gasteiger partial charge >= 0.3 is 6.03 Å². The van der Waals surface area contributed by atoms with Crippen molar-refractivity contribution in [3.05, 3.63) is 66.2 Å². The molecule has 1 fully saturated rings. The zero-order valence-corrected chi connectivity index (χ0v) is 15.0. The van der Waals surface area contributed by atoms with E-state index in [1.807, 2.05) is 0 Å². The molecule has 0 aliphatic carbocycles. The fourth-order valence-corrected chi connectivity index (χ4v) is 3.08. The van der Waals surface area contributed by atoms with Crippen LogP contribution in [0.1, 0.15) is 12.5 Å². The largest absolute Gasteiger partial charge is 0.333 e. The molecule has 27 heavy (non-hydrogen) atoms. The number of para-hydroxylation sites is 1. The van der Waals surface area contributed by atoms with Gasteiger partial charge in [-0.3, -0.25) is 24.2 Å². The van der Waals surface area contributed by atoms with Gasteiger partial charge in [-0.05, 0) is 24.6 Å². The summed E-state index contributed by atoms with van der Waals surface area (Å²) in [6.07, 6.45) is 0. The van der Waals surface area contributed by atoms with Gasteiger partial charge in [0.05, 0.1) is 0 Å². The lowest BCUT2D eigenvalue weighted by Gasteiger charge is -2.40. The van der Waals surface area contributed by atoms with Crippen molar-refractivity contribution in [3.8, 4) is 0 Å². The first-order valence-corrected chi connectivity index (χ1v) is 8.40. The first-order chi connectivity index (χ1) is 12.9. The van der Waals surface area contributed by atoms with Gasteiger partial charge < -0.3 is 5.32 Å². The molecule has 1 aliphatic heterocycles. The van der Waals surface area contributed by atoms with Crippen molar-refractivity contribution in [2.45, 2.75) is 12.3 Å². The fourth-order valence-electron chi connectivity index (χ4n) is 3.08. The van der Waals surface area contributed by atoms with Gasteiger partial charge in [0.15, 0.2) is 5.41 Å². The number of benzene rings is 2. The van der Waals surface area contributed by atoms with Gasteiger partial charge in [-0.25, -0.2) is 4.79 Å². The molecule has 0 saturated carbocycles. The summed E-state index contributed by atoms with van der Waals surface area (Å²) >= 11 is 0. The minimum atomic E-state index is -1.57. The Bertz CT molecular complexity index is 898. The van der Waals surface area contributed by atoms with Gasteiger partial charge in [0.1, 0.15) is 6.54 Å². The van der Waals surface area contributed by atoms with E-state index in [-0.39, 0.29) is 0 Å². The molecule has 0 radical (unpaired) electrons. The Balaban J connectivity index is 1.88. The highest BCUT2D eigenvalue weighted by atomic mass is 16.2. The van der Waals surface area contributed by atoms with Crippen molar-refractivity contribution >= 4 is 29.4 Å². The number of likely N-dealkylation sites (N-methyl/N-ethyl adjacent to an activating group) is 1. The van der Waals surface area contributed by atoms with Crippen LogP contribution in [0.25, 0.3) is 0 Å². The minimum absolute atomic E-state index is 0.466. The van der Waals surface area contributed by atoms with Crippen molar-refractivity contribution in [1.82, 2.24) is 9.80 Å². The van der Waals surface area contributed by atoms with Crippen molar-refractivity contribution in [2.24, 2.45) is 0 Å². The molecule has 2 aromatic carbocycles. The minimum Gasteiger partial charge on any atom is -0.325 e. The fraction of sp³-hybridized carbons (Fsp3) is 0.200. The van der Waals surface area contributed by atoms with Crippen molar-refractivity contribution in [3.63, 3.8) is 0 Å². The third-order valence-corrected chi connectivity index (χ3v) is 4.63. The Morgan fingerprint density at radius 2 is 1.48 bits per heavy atom. The number of carbonyl (C=O) groups excluding carboxylic acids is 4. The van der Waals surface area contributed by atoms with Crippen LogP contribution in [0.2, 0.25) is 0 Å². The molecule has 7 heteroatoms. The van der Waals surface area contributed by atoms with Gasteiger partial charge in [0, 0.05) is 12.7 Å². The zero-order chi connectivity index (χ0) is 19.6. The number of anilines is 1. The van der Waals surface area contributed by atoms with E-state index in [0.29, 0.717) is 11.3 Å². The first-order valence-electron chi connectivity index (χ1n) is 8.40. The number of imide groups is 2. The molecular formula is C20H19N3O4. The van der Waals surface area contributed by atoms with Crippen LogP contribution < -0.4 is 5.32 Å². The van der Waals surface area contributed by atoms with E-state index in [4.69, 9.17) is 0 Å². The number of barbiturate groups is 1. The number of amides is 5. The van der Waals surface area contributed by atoms with Crippen LogP contribution in [0.3, 0.4) is 0 Å². The molecule has 1 heterocycles. The van der Waals surface area contributed by atoms with Gasteiger partial charge in [-0.15, -0.1) is 0 Å². The average Bonchev–Trinajstić information content (AvgIpc) is 2.69. The Hall–Kier alpha value is -3.48. The van der Waals surface area contributed by atoms with Gasteiger partial charge in [-0.1, -0.05) is 48.5 Å². The Labute approximate surface area is 156 Å². The highest BCUT2D eigenvalue weighted by molar-refractivity contribution is 6.23. The molecule has 1 saturated heterocycles. The number of nitrogens with one attached hydrogen (secondary N) is 1. The number of hydrogen-bond donors (Lipinski definition) is 1. The predicted molar refractivity (Wildman–Crippen MR) is 98.7 cm³/mol. The molecule has 0 spiro atoms. The molecule has 2 aromatic rings. The lowest BCUT2D eigenvalue weighted by molar-refractivity contribution is -0.151. The maximum absolute atomic E-state index is 13.1. The summed E-state index contributed by atoms with van der Waals surface area (Å²) < 4.78 is 0. The Morgan fingerprint density at radius 3 is 2.07 bits per heavy atom. The van der Waals surface area contributed by atoms with Gasteiger partial charge in [0.2, 0.25) is 11.8 Å². The van der Waals surface area contributed by atoms with Crippen LogP contribution >= 0.6 is 0 Å². The summed E-state index contributed by atoms with van der Waals surface area (Å²) in [7, 11) is 1.31. The molecule has 0 bridgehead atoms. The quantitative estimate of drug-likeness (QED) is 0.840. The van der Waals surface area contributed by atoms with E-state index in [0.717, 1.165) is 9.80 Å². The maximum Gasteiger partial charge on any atom is 0.333 e. The van der Waals surface area contributed by atoms with Gasteiger partial charge in [0.25, 0.3) is 5.91 Å². The second-order valence-corrected chi connectivity index (χ2v) is 6.44. The van der Waals surface area contributed by atoms with Crippen LogP contribution in [0.4, 0.5) is 10.5 Å². The molecule has 1 unspecified atom stereocenters. The number of hydrogen-bond acceptors (Lipinski definition) is 4. The maximum atomic E-state index is 13.1. The normalized spacial score (nSPS) is 20.0. The lowest BCUT2D eigenvalue weighted by Crippen LogP contribution is -2.66. The summed E-state index contributed by atoms with van der Waals surface area (Å²) in [4.78, 5) is 52.3.